The fraction of sp³-hybridized carbons (Fsp3) is 0.250. The van der Waals surface area contributed by atoms with Gasteiger partial charge in [-0.05, 0) is 0 Å². The third kappa shape index (κ3) is 2.29. The minimum absolute atomic E-state index is 0.142. The molecule has 8 heteroatoms. The molecule has 0 aliphatic carbocycles. The summed E-state index contributed by atoms with van der Waals surface area (Å²) in [7, 11) is 0. The Bertz CT molecular complexity index is 418. The molecular formula is C8H3ClF5NO. The van der Waals surface area contributed by atoms with Crippen molar-refractivity contribution in [2.45, 2.75) is 12.6 Å². The lowest BCUT2D eigenvalue weighted by Crippen LogP contribution is -2.12. The summed E-state index contributed by atoms with van der Waals surface area (Å²) >= 11 is 5.15. The number of hydrogen-bond acceptors (Lipinski definition) is 2. The Morgan fingerprint density at radius 2 is 1.94 bits per heavy atom. The van der Waals surface area contributed by atoms with Gasteiger partial charge in [-0.15, -0.1) is 0 Å². The Morgan fingerprint density at radius 3 is 2.31 bits per heavy atom. The third-order valence-corrected chi connectivity index (χ3v) is 2.08. The van der Waals surface area contributed by atoms with Crippen LogP contribution >= 0.6 is 11.6 Å². The van der Waals surface area contributed by atoms with Crippen molar-refractivity contribution in [1.82, 2.24) is 4.98 Å². The van der Waals surface area contributed by atoms with E-state index in [2.05, 4.69) is 4.98 Å². The van der Waals surface area contributed by atoms with Crippen LogP contribution in [0, 0.1) is 0 Å². The van der Waals surface area contributed by atoms with Crippen LogP contribution in [0.4, 0.5) is 22.0 Å². The summed E-state index contributed by atoms with van der Waals surface area (Å²) in [5.74, 6) is 0. The second-order valence-corrected chi connectivity index (χ2v) is 3.08. The molecule has 0 aliphatic rings. The zero-order valence-electron chi connectivity index (χ0n) is 7.36. The van der Waals surface area contributed by atoms with Crippen LogP contribution in [0.3, 0.4) is 0 Å². The van der Waals surface area contributed by atoms with Crippen molar-refractivity contribution < 1.29 is 26.7 Å². The number of halogens is 6. The third-order valence-electron chi connectivity index (χ3n) is 1.69. The fourth-order valence-corrected chi connectivity index (χ4v) is 1.39. The van der Waals surface area contributed by atoms with E-state index in [0.29, 0.717) is 6.20 Å². The monoisotopic (exact) mass is 259 g/mol. The number of alkyl halides is 5. The van der Waals surface area contributed by atoms with Crippen molar-refractivity contribution >= 4 is 17.9 Å². The molecular weight excluding hydrogens is 257 g/mol. The van der Waals surface area contributed by atoms with E-state index < -0.39 is 34.4 Å². The molecule has 0 unspecified atom stereocenters. The summed E-state index contributed by atoms with van der Waals surface area (Å²) in [4.78, 5) is 13.3. The molecule has 88 valence electrons. The highest BCUT2D eigenvalue weighted by Crippen LogP contribution is 2.39. The minimum atomic E-state index is -4.99. The van der Waals surface area contributed by atoms with Gasteiger partial charge in [0.15, 0.2) is 6.29 Å². The predicted molar refractivity (Wildman–Crippen MR) is 44.6 cm³/mol. The van der Waals surface area contributed by atoms with E-state index >= 15 is 0 Å². The van der Waals surface area contributed by atoms with E-state index in [0.717, 1.165) is 0 Å². The normalized spacial score (nSPS) is 11.9. The van der Waals surface area contributed by atoms with Crippen LogP contribution in [0.15, 0.2) is 6.20 Å². The zero-order valence-corrected chi connectivity index (χ0v) is 8.11. The molecule has 16 heavy (non-hydrogen) atoms. The Kier molecular flexibility index (Phi) is 3.47. The fourth-order valence-electron chi connectivity index (χ4n) is 1.04. The lowest BCUT2D eigenvalue weighted by Gasteiger charge is -2.13. The Balaban J connectivity index is 3.53. The van der Waals surface area contributed by atoms with Crippen molar-refractivity contribution in [3.63, 3.8) is 0 Å². The van der Waals surface area contributed by atoms with Crippen LogP contribution in [-0.2, 0) is 6.18 Å². The first-order valence-corrected chi connectivity index (χ1v) is 4.15. The second kappa shape index (κ2) is 4.32. The van der Waals surface area contributed by atoms with Gasteiger partial charge in [0.25, 0.3) is 6.43 Å². The molecule has 0 spiro atoms. The average Bonchev–Trinajstić information content (AvgIpc) is 2.14. The van der Waals surface area contributed by atoms with Crippen LogP contribution in [-0.4, -0.2) is 11.3 Å². The zero-order chi connectivity index (χ0) is 12.5. The number of carbonyl (C=O) groups excluding carboxylic acids is 1. The number of hydrogen-bond donors (Lipinski definition) is 0. The first kappa shape index (κ1) is 12.8. The Hall–Kier alpha value is -1.24. The molecule has 2 nitrogen and oxygen atoms in total. The van der Waals surface area contributed by atoms with Gasteiger partial charge in [0.2, 0.25) is 0 Å². The van der Waals surface area contributed by atoms with E-state index in [-0.39, 0.29) is 6.29 Å². The number of nitrogens with zero attached hydrogens (tertiary/aromatic N) is 1. The maximum atomic E-state index is 12.4. The highest BCUT2D eigenvalue weighted by Gasteiger charge is 2.38. The smallest absolute Gasteiger partial charge is 0.298 e. The Morgan fingerprint density at radius 1 is 1.38 bits per heavy atom. The molecule has 0 fully saturated rings. The SMILES string of the molecule is O=Cc1cnc(C(F)F)c(Cl)c1C(F)(F)F. The van der Waals surface area contributed by atoms with Crippen LogP contribution in [0.1, 0.15) is 28.0 Å². The van der Waals surface area contributed by atoms with Gasteiger partial charge in [-0.2, -0.15) is 13.2 Å². The van der Waals surface area contributed by atoms with Crippen molar-refractivity contribution in [1.29, 1.82) is 0 Å². The number of aldehydes is 1. The summed E-state index contributed by atoms with van der Waals surface area (Å²) in [6.07, 6.45) is -7.95. The molecule has 1 aromatic heterocycles. The van der Waals surface area contributed by atoms with Gasteiger partial charge < -0.3 is 0 Å². The summed E-state index contributed by atoms with van der Waals surface area (Å²) < 4.78 is 61.7. The molecule has 1 rings (SSSR count). The van der Waals surface area contributed by atoms with Crippen LogP contribution in [0.2, 0.25) is 5.02 Å². The summed E-state index contributed by atoms with van der Waals surface area (Å²) in [5.41, 5.74) is -3.66. The lowest BCUT2D eigenvalue weighted by atomic mass is 10.1. The molecule has 0 aliphatic heterocycles. The van der Waals surface area contributed by atoms with Crippen LogP contribution < -0.4 is 0 Å². The van der Waals surface area contributed by atoms with Crippen LogP contribution in [0.25, 0.3) is 0 Å². The molecule has 1 heterocycles. The number of aromatic nitrogens is 1. The molecule has 0 aromatic carbocycles. The highest BCUT2D eigenvalue weighted by atomic mass is 35.5. The summed E-state index contributed by atoms with van der Waals surface area (Å²) in [5, 5.41) is -1.24. The van der Waals surface area contributed by atoms with E-state index in [1.807, 2.05) is 0 Å². The highest BCUT2D eigenvalue weighted by molar-refractivity contribution is 6.32. The van der Waals surface area contributed by atoms with Gasteiger partial charge in [-0.1, -0.05) is 11.6 Å². The van der Waals surface area contributed by atoms with Gasteiger partial charge in [-0.3, -0.25) is 9.78 Å². The van der Waals surface area contributed by atoms with Gasteiger partial charge >= 0.3 is 6.18 Å². The van der Waals surface area contributed by atoms with Gasteiger partial charge in [0, 0.05) is 11.8 Å². The molecule has 0 amide bonds. The minimum Gasteiger partial charge on any atom is -0.298 e. The van der Waals surface area contributed by atoms with Crippen molar-refractivity contribution in [2.24, 2.45) is 0 Å². The number of pyridine rings is 1. The molecule has 0 radical (unpaired) electrons. The van der Waals surface area contributed by atoms with Crippen molar-refractivity contribution in [2.75, 3.05) is 0 Å². The van der Waals surface area contributed by atoms with Crippen LogP contribution in [0.5, 0.6) is 0 Å². The second-order valence-electron chi connectivity index (χ2n) is 2.70. The van der Waals surface area contributed by atoms with Gasteiger partial charge in [0.1, 0.15) is 5.69 Å². The largest absolute Gasteiger partial charge is 0.418 e. The molecule has 0 saturated carbocycles. The first-order chi connectivity index (χ1) is 7.29. The molecule has 1 aromatic rings. The number of rotatable bonds is 2. The predicted octanol–water partition coefficient (Wildman–Crippen LogP) is 3.50. The van der Waals surface area contributed by atoms with E-state index in [1.54, 1.807) is 0 Å². The summed E-state index contributed by atoms with van der Waals surface area (Å²) in [6.45, 7) is 0. The average molecular weight is 260 g/mol. The van der Waals surface area contributed by atoms with E-state index in [9.17, 15) is 26.7 Å². The molecule has 0 N–H and O–H groups in total. The quantitative estimate of drug-likeness (QED) is 0.601. The standard InChI is InChI=1S/C8H3ClF5NO/c9-5-4(8(12,13)14)3(2-16)1-15-6(5)7(10)11/h1-2,7H. The molecule has 0 saturated heterocycles. The lowest BCUT2D eigenvalue weighted by molar-refractivity contribution is -0.137. The van der Waals surface area contributed by atoms with E-state index in [1.165, 1.54) is 0 Å². The Labute approximate surface area is 91.0 Å². The van der Waals surface area contributed by atoms with Gasteiger partial charge in [0.05, 0.1) is 10.6 Å². The first-order valence-electron chi connectivity index (χ1n) is 3.78. The van der Waals surface area contributed by atoms with Crippen molar-refractivity contribution in [3.05, 3.63) is 28.0 Å². The number of carbonyl (C=O) groups is 1. The molecule has 0 bridgehead atoms. The maximum absolute atomic E-state index is 12.4. The maximum Gasteiger partial charge on any atom is 0.418 e. The van der Waals surface area contributed by atoms with Crippen molar-refractivity contribution in [3.8, 4) is 0 Å². The summed E-state index contributed by atoms with van der Waals surface area (Å²) in [6, 6.07) is 0. The van der Waals surface area contributed by atoms with Gasteiger partial charge in [-0.25, -0.2) is 8.78 Å². The van der Waals surface area contributed by atoms with E-state index in [4.69, 9.17) is 11.6 Å². The molecule has 0 atom stereocenters. The topological polar surface area (TPSA) is 30.0 Å².